The smallest absolute Gasteiger partial charge is 0.169 e. The van der Waals surface area contributed by atoms with Gasteiger partial charge in [0.05, 0.1) is 5.39 Å². The summed E-state index contributed by atoms with van der Waals surface area (Å²) < 4.78 is 73.0. The van der Waals surface area contributed by atoms with Gasteiger partial charge in [-0.3, -0.25) is 0 Å². The second-order valence-corrected chi connectivity index (χ2v) is 6.69. The molecule has 3 rings (SSSR count). The van der Waals surface area contributed by atoms with Crippen LogP contribution in [0, 0.1) is 17.5 Å². The predicted octanol–water partition coefficient (Wildman–Crippen LogP) is 7.70. The Bertz CT molecular complexity index is 1090. The van der Waals surface area contributed by atoms with Crippen molar-refractivity contribution in [2.24, 2.45) is 0 Å². The fraction of sp³-hybridized carbons (Fsp3) is 0.167. The zero-order valence-electron chi connectivity index (χ0n) is 15.8. The van der Waals surface area contributed by atoms with Crippen molar-refractivity contribution in [2.75, 3.05) is 0 Å². The Labute approximate surface area is 166 Å². The Hall–Kier alpha value is -2.95. The van der Waals surface area contributed by atoms with E-state index in [1.807, 2.05) is 6.92 Å². The van der Waals surface area contributed by atoms with Crippen LogP contribution in [0.25, 0.3) is 22.4 Å². The first-order valence-electron chi connectivity index (χ1n) is 9.24. The summed E-state index contributed by atoms with van der Waals surface area (Å²) in [5, 5.41) is -0.628. The van der Waals surface area contributed by atoms with Crippen LogP contribution in [0.5, 0.6) is 0 Å². The maximum atomic E-state index is 14.9. The zero-order valence-corrected chi connectivity index (χ0v) is 15.8. The number of allylic oxidation sites excluding steroid dienone is 1. The second kappa shape index (κ2) is 8.60. The number of hydrogen-bond donors (Lipinski definition) is 0. The highest BCUT2D eigenvalue weighted by Gasteiger charge is 2.22. The highest BCUT2D eigenvalue weighted by atomic mass is 19.2. The Balaban J connectivity index is 2.13. The van der Waals surface area contributed by atoms with Crippen molar-refractivity contribution in [1.29, 1.82) is 0 Å². The average Bonchev–Trinajstić information content (AvgIpc) is 2.74. The average molecular weight is 402 g/mol. The van der Waals surface area contributed by atoms with E-state index in [9.17, 15) is 22.0 Å². The summed E-state index contributed by atoms with van der Waals surface area (Å²) in [5.74, 6) is -6.69. The van der Waals surface area contributed by atoms with Crippen LogP contribution in [0.1, 0.15) is 35.6 Å². The van der Waals surface area contributed by atoms with Crippen molar-refractivity contribution in [3.8, 4) is 0 Å². The molecule has 0 saturated heterocycles. The highest BCUT2D eigenvalue weighted by Crippen LogP contribution is 2.35. The molecule has 0 aromatic heterocycles. The summed E-state index contributed by atoms with van der Waals surface area (Å²) >= 11 is 0. The van der Waals surface area contributed by atoms with Gasteiger partial charge in [0.1, 0.15) is 5.82 Å². The molecule has 0 aliphatic heterocycles. The van der Waals surface area contributed by atoms with E-state index in [4.69, 9.17) is 0 Å². The van der Waals surface area contributed by atoms with Crippen LogP contribution in [0.15, 0.2) is 55.1 Å². The number of hydrogen-bond acceptors (Lipinski definition) is 0. The minimum Gasteiger partial charge on any atom is -0.205 e. The molecule has 5 heteroatoms. The van der Waals surface area contributed by atoms with Gasteiger partial charge in [0, 0.05) is 11.1 Å². The third kappa shape index (κ3) is 3.95. The van der Waals surface area contributed by atoms with Crippen LogP contribution in [0.4, 0.5) is 22.0 Å². The van der Waals surface area contributed by atoms with Crippen molar-refractivity contribution in [3.05, 3.63) is 94.8 Å². The fourth-order valence-electron chi connectivity index (χ4n) is 3.18. The van der Waals surface area contributed by atoms with Crippen LogP contribution in [-0.2, 0) is 12.8 Å². The van der Waals surface area contributed by atoms with E-state index in [0.717, 1.165) is 18.1 Å². The molecule has 0 aliphatic carbocycles. The number of fused-ring (bicyclic) bond motifs is 1. The van der Waals surface area contributed by atoms with Crippen LogP contribution < -0.4 is 0 Å². The fourth-order valence-corrected chi connectivity index (χ4v) is 3.18. The normalized spacial score (nSPS) is 12.2. The first-order chi connectivity index (χ1) is 13.9. The summed E-state index contributed by atoms with van der Waals surface area (Å²) in [4.78, 5) is 0. The summed E-state index contributed by atoms with van der Waals surface area (Å²) in [5.41, 5.74) is 0.182. The van der Waals surface area contributed by atoms with Gasteiger partial charge in [-0.15, -0.1) is 6.58 Å². The van der Waals surface area contributed by atoms with Gasteiger partial charge in [0.2, 0.25) is 0 Å². The first kappa shape index (κ1) is 20.8. The van der Waals surface area contributed by atoms with Crippen LogP contribution >= 0.6 is 0 Å². The lowest BCUT2D eigenvalue weighted by molar-refractivity contribution is 0.502. The second-order valence-electron chi connectivity index (χ2n) is 6.69. The van der Waals surface area contributed by atoms with Crippen molar-refractivity contribution < 1.29 is 22.0 Å². The quantitative estimate of drug-likeness (QED) is 0.225. The summed E-state index contributed by atoms with van der Waals surface area (Å²) in [6.07, 6.45) is 2.90. The number of benzene rings is 3. The lowest BCUT2D eigenvalue weighted by Crippen LogP contribution is -2.00. The van der Waals surface area contributed by atoms with Gasteiger partial charge in [0.15, 0.2) is 23.3 Å². The van der Waals surface area contributed by atoms with Crippen molar-refractivity contribution in [3.63, 3.8) is 0 Å². The monoisotopic (exact) mass is 402 g/mol. The van der Waals surface area contributed by atoms with Gasteiger partial charge >= 0.3 is 0 Å². The van der Waals surface area contributed by atoms with Crippen LogP contribution in [-0.4, -0.2) is 0 Å². The maximum absolute atomic E-state index is 14.9. The molecule has 3 aromatic carbocycles. The third-order valence-corrected chi connectivity index (χ3v) is 4.86. The summed E-state index contributed by atoms with van der Waals surface area (Å²) in [7, 11) is 0. The predicted molar refractivity (Wildman–Crippen MR) is 107 cm³/mol. The van der Waals surface area contributed by atoms with E-state index >= 15 is 0 Å². The lowest BCUT2D eigenvalue weighted by Gasteiger charge is -2.11. The molecule has 0 aliphatic rings. The van der Waals surface area contributed by atoms with E-state index in [2.05, 4.69) is 6.58 Å². The van der Waals surface area contributed by atoms with Crippen molar-refractivity contribution in [2.45, 2.75) is 26.2 Å². The molecule has 3 aromatic rings. The molecule has 0 atom stereocenters. The van der Waals surface area contributed by atoms with E-state index in [0.29, 0.717) is 6.42 Å². The highest BCUT2D eigenvalue weighted by molar-refractivity contribution is 5.91. The van der Waals surface area contributed by atoms with Crippen molar-refractivity contribution >= 4 is 22.4 Å². The minimum absolute atomic E-state index is 0.0642. The van der Waals surface area contributed by atoms with Gasteiger partial charge in [-0.2, -0.15) is 0 Å². The molecule has 29 heavy (non-hydrogen) atoms. The molecular weight excluding hydrogens is 383 g/mol. The number of aryl methyl sites for hydroxylation is 2. The van der Waals surface area contributed by atoms with E-state index in [-0.39, 0.29) is 22.9 Å². The molecule has 0 unspecified atom stereocenters. The topological polar surface area (TPSA) is 0 Å². The molecule has 0 heterocycles. The standard InChI is InChI=1S/C24H19F5/c1-3-5-6-17-13-16-11-12-18(22(27)19(16)24(29)21(17)26)23(28)20(25)15-9-7-14(4-2)8-10-15/h3,7-13H,1,4-6H2,2H3. The molecule has 0 saturated carbocycles. The Morgan fingerprint density at radius 1 is 0.897 bits per heavy atom. The first-order valence-corrected chi connectivity index (χ1v) is 9.24. The van der Waals surface area contributed by atoms with E-state index in [1.165, 1.54) is 24.3 Å². The summed E-state index contributed by atoms with van der Waals surface area (Å²) in [6, 6.07) is 9.64. The Morgan fingerprint density at radius 3 is 2.21 bits per heavy atom. The largest absolute Gasteiger partial charge is 0.205 e. The molecule has 0 spiro atoms. The van der Waals surface area contributed by atoms with Crippen LogP contribution in [0.3, 0.4) is 0 Å². The van der Waals surface area contributed by atoms with Gasteiger partial charge in [-0.05, 0) is 47.9 Å². The molecule has 0 bridgehead atoms. The number of rotatable bonds is 6. The minimum atomic E-state index is -1.47. The maximum Gasteiger partial charge on any atom is 0.169 e. The SMILES string of the molecule is C=CCCc1cc2ccc(C(F)=C(F)c3ccc(CC)cc3)c(F)c2c(F)c1F. The van der Waals surface area contributed by atoms with Crippen LogP contribution in [0.2, 0.25) is 0 Å². The molecule has 0 amide bonds. The van der Waals surface area contributed by atoms with Gasteiger partial charge in [-0.25, -0.2) is 22.0 Å². The molecule has 150 valence electrons. The Kier molecular flexibility index (Phi) is 6.16. The summed E-state index contributed by atoms with van der Waals surface area (Å²) in [6.45, 7) is 5.45. The Morgan fingerprint density at radius 2 is 1.59 bits per heavy atom. The third-order valence-electron chi connectivity index (χ3n) is 4.86. The van der Waals surface area contributed by atoms with E-state index in [1.54, 1.807) is 18.2 Å². The van der Waals surface area contributed by atoms with Crippen molar-refractivity contribution in [1.82, 2.24) is 0 Å². The van der Waals surface area contributed by atoms with Gasteiger partial charge < -0.3 is 0 Å². The molecule has 0 radical (unpaired) electrons. The lowest BCUT2D eigenvalue weighted by atomic mass is 9.98. The molecule has 0 N–H and O–H groups in total. The van der Waals surface area contributed by atoms with Gasteiger partial charge in [0.25, 0.3) is 0 Å². The molecule has 0 fully saturated rings. The van der Waals surface area contributed by atoms with E-state index < -0.39 is 40.1 Å². The molecule has 0 nitrogen and oxygen atoms in total. The molecular formula is C24H19F5. The zero-order chi connectivity index (χ0) is 21.1. The van der Waals surface area contributed by atoms with Gasteiger partial charge in [-0.1, -0.05) is 43.3 Å². The number of halogens is 5.